The van der Waals surface area contributed by atoms with Crippen LogP contribution in [-0.4, -0.2) is 30.3 Å². The molecule has 0 unspecified atom stereocenters. The van der Waals surface area contributed by atoms with E-state index < -0.39 is 24.2 Å². The van der Waals surface area contributed by atoms with Crippen LogP contribution in [0.4, 0.5) is 13.2 Å². The third-order valence-electron chi connectivity index (χ3n) is 5.63. The Bertz CT molecular complexity index is 1180. The average molecular weight is 476 g/mol. The number of nitrogens with zero attached hydrogens (tertiary/aromatic N) is 1. The maximum Gasteiger partial charge on any atom is 0.397 e. The Balaban J connectivity index is 1.72. The molecule has 4 nitrogen and oxygen atoms in total. The van der Waals surface area contributed by atoms with E-state index in [4.69, 9.17) is 21.1 Å². The molecule has 33 heavy (non-hydrogen) atoms. The van der Waals surface area contributed by atoms with Gasteiger partial charge in [0.15, 0.2) is 0 Å². The topological polar surface area (TPSA) is 48.4 Å². The maximum atomic E-state index is 13.4. The first kappa shape index (κ1) is 23.1. The largest absolute Gasteiger partial charge is 0.492 e. The summed E-state index contributed by atoms with van der Waals surface area (Å²) in [6.07, 6.45) is -4.20. The first-order valence-corrected chi connectivity index (χ1v) is 10.8. The Labute approximate surface area is 194 Å². The molecule has 0 bridgehead atoms. The Morgan fingerprint density at radius 3 is 2.42 bits per heavy atom. The third kappa shape index (κ3) is 4.83. The van der Waals surface area contributed by atoms with E-state index in [1.54, 1.807) is 49.4 Å². The fourth-order valence-corrected chi connectivity index (χ4v) is 3.73. The maximum absolute atomic E-state index is 13.4. The van der Waals surface area contributed by atoms with Crippen molar-refractivity contribution in [3.05, 3.63) is 71.4 Å². The van der Waals surface area contributed by atoms with Crippen LogP contribution < -0.4 is 4.74 Å². The first-order valence-electron chi connectivity index (χ1n) is 10.5. The second-order valence-electron chi connectivity index (χ2n) is 7.88. The third-order valence-corrected chi connectivity index (χ3v) is 5.86. The molecule has 4 rings (SSSR count). The molecule has 1 aromatic heterocycles. The van der Waals surface area contributed by atoms with Gasteiger partial charge in [-0.3, -0.25) is 0 Å². The standard InChI is InChI=1S/C25H21ClF3NO3/c1-2-32-23(31)21-9-5-8-20(30-21)18-7-4-3-6-17(18)19-14-16(26)10-11-22(19)33-15-24(12-13-24)25(27,28)29/h3-11,14H,2,12-13,15H2,1H3. The number of rotatable bonds is 7. The normalized spacial score (nSPS) is 14.6. The van der Waals surface area contributed by atoms with Crippen molar-refractivity contribution in [1.82, 2.24) is 4.98 Å². The molecule has 172 valence electrons. The van der Waals surface area contributed by atoms with Crippen LogP contribution in [0, 0.1) is 5.41 Å². The molecule has 0 saturated heterocycles. The van der Waals surface area contributed by atoms with Gasteiger partial charge in [0.1, 0.15) is 23.5 Å². The van der Waals surface area contributed by atoms with Crippen LogP contribution in [0.5, 0.6) is 5.75 Å². The molecule has 1 saturated carbocycles. The minimum absolute atomic E-state index is 0.0561. The molecule has 1 heterocycles. The van der Waals surface area contributed by atoms with Crippen molar-refractivity contribution in [1.29, 1.82) is 0 Å². The molecule has 0 N–H and O–H groups in total. The van der Waals surface area contributed by atoms with Crippen LogP contribution in [0.15, 0.2) is 60.7 Å². The number of carbonyl (C=O) groups is 1. The number of esters is 1. The fraction of sp³-hybridized carbons (Fsp3) is 0.280. The van der Waals surface area contributed by atoms with Crippen molar-refractivity contribution in [2.24, 2.45) is 5.41 Å². The summed E-state index contributed by atoms with van der Waals surface area (Å²) in [6.45, 7) is 1.48. The van der Waals surface area contributed by atoms with Gasteiger partial charge in [0, 0.05) is 16.1 Å². The van der Waals surface area contributed by atoms with E-state index in [0.717, 1.165) is 0 Å². The van der Waals surface area contributed by atoms with Gasteiger partial charge in [0.2, 0.25) is 0 Å². The number of aromatic nitrogens is 1. The molecule has 0 spiro atoms. The predicted molar refractivity (Wildman–Crippen MR) is 119 cm³/mol. The van der Waals surface area contributed by atoms with Crippen molar-refractivity contribution in [3.8, 4) is 28.1 Å². The number of carbonyl (C=O) groups excluding carboxylic acids is 1. The van der Waals surface area contributed by atoms with Crippen molar-refractivity contribution >= 4 is 17.6 Å². The van der Waals surface area contributed by atoms with Crippen molar-refractivity contribution in [2.75, 3.05) is 13.2 Å². The molecular formula is C25H21ClF3NO3. The van der Waals surface area contributed by atoms with Gasteiger partial charge in [-0.1, -0.05) is 41.9 Å². The lowest BCUT2D eigenvalue weighted by Gasteiger charge is -2.21. The van der Waals surface area contributed by atoms with Gasteiger partial charge < -0.3 is 9.47 Å². The highest BCUT2D eigenvalue weighted by Gasteiger charge is 2.63. The van der Waals surface area contributed by atoms with Gasteiger partial charge in [-0.25, -0.2) is 9.78 Å². The van der Waals surface area contributed by atoms with Crippen LogP contribution in [0.1, 0.15) is 30.3 Å². The smallest absolute Gasteiger partial charge is 0.397 e. The molecule has 1 aliphatic carbocycles. The second-order valence-corrected chi connectivity index (χ2v) is 8.32. The average Bonchev–Trinajstić information content (AvgIpc) is 3.60. The fourth-order valence-electron chi connectivity index (χ4n) is 3.56. The number of alkyl halides is 3. The summed E-state index contributed by atoms with van der Waals surface area (Å²) >= 11 is 6.23. The summed E-state index contributed by atoms with van der Waals surface area (Å²) in [6, 6.07) is 17.0. The number of pyridine rings is 1. The van der Waals surface area contributed by atoms with Crippen molar-refractivity contribution in [3.63, 3.8) is 0 Å². The summed E-state index contributed by atoms with van der Waals surface area (Å²) in [5.74, 6) is -0.241. The van der Waals surface area contributed by atoms with Gasteiger partial charge in [-0.15, -0.1) is 0 Å². The number of hydrogen-bond acceptors (Lipinski definition) is 4. The number of benzene rings is 2. The molecule has 3 aromatic rings. The minimum Gasteiger partial charge on any atom is -0.492 e. The minimum atomic E-state index is -4.31. The monoisotopic (exact) mass is 475 g/mol. The van der Waals surface area contributed by atoms with Gasteiger partial charge in [-0.05, 0) is 55.7 Å². The quantitative estimate of drug-likeness (QED) is 0.346. The lowest BCUT2D eigenvalue weighted by molar-refractivity contribution is -0.194. The van der Waals surface area contributed by atoms with E-state index in [9.17, 15) is 18.0 Å². The highest BCUT2D eigenvalue weighted by atomic mass is 35.5. The van der Waals surface area contributed by atoms with E-state index in [-0.39, 0.29) is 25.1 Å². The Morgan fingerprint density at radius 1 is 1.03 bits per heavy atom. The molecule has 0 radical (unpaired) electrons. The van der Waals surface area contributed by atoms with Crippen molar-refractivity contribution < 1.29 is 27.4 Å². The Hall–Kier alpha value is -3.06. The zero-order chi connectivity index (χ0) is 23.6. The summed E-state index contributed by atoms with van der Waals surface area (Å²) < 4.78 is 50.9. The zero-order valence-electron chi connectivity index (χ0n) is 17.8. The van der Waals surface area contributed by atoms with Gasteiger partial charge in [-0.2, -0.15) is 13.2 Å². The molecule has 8 heteroatoms. The van der Waals surface area contributed by atoms with Crippen LogP contribution in [0.25, 0.3) is 22.4 Å². The second kappa shape index (κ2) is 9.06. The molecular weight excluding hydrogens is 455 g/mol. The lowest BCUT2D eigenvalue weighted by Crippen LogP contribution is -2.30. The number of hydrogen-bond donors (Lipinski definition) is 0. The number of halogens is 4. The van der Waals surface area contributed by atoms with E-state index >= 15 is 0 Å². The van der Waals surface area contributed by atoms with Crippen molar-refractivity contribution in [2.45, 2.75) is 25.9 Å². The highest BCUT2D eigenvalue weighted by Crippen LogP contribution is 2.57. The van der Waals surface area contributed by atoms with E-state index in [1.807, 2.05) is 18.2 Å². The summed E-state index contributed by atoms with van der Waals surface area (Å²) in [7, 11) is 0. The lowest BCUT2D eigenvalue weighted by atomic mass is 9.96. The van der Waals surface area contributed by atoms with Crippen LogP contribution in [-0.2, 0) is 4.74 Å². The van der Waals surface area contributed by atoms with Gasteiger partial charge in [0.05, 0.1) is 12.3 Å². The Kier molecular flexibility index (Phi) is 6.34. The molecule has 1 aliphatic rings. The van der Waals surface area contributed by atoms with Crippen LogP contribution in [0.2, 0.25) is 5.02 Å². The highest BCUT2D eigenvalue weighted by molar-refractivity contribution is 6.31. The SMILES string of the molecule is CCOC(=O)c1cccc(-c2ccccc2-c2cc(Cl)ccc2OCC2(C(F)(F)F)CC2)n1. The van der Waals surface area contributed by atoms with E-state index in [1.165, 1.54) is 0 Å². The zero-order valence-corrected chi connectivity index (χ0v) is 18.5. The molecule has 0 aliphatic heterocycles. The van der Waals surface area contributed by atoms with E-state index in [0.29, 0.717) is 33.2 Å². The van der Waals surface area contributed by atoms with Crippen LogP contribution >= 0.6 is 11.6 Å². The summed E-state index contributed by atoms with van der Waals surface area (Å²) in [5, 5.41) is 0.414. The van der Waals surface area contributed by atoms with E-state index in [2.05, 4.69) is 4.98 Å². The Morgan fingerprint density at radius 2 is 1.76 bits per heavy atom. The predicted octanol–water partition coefficient (Wildman–Crippen LogP) is 6.97. The molecule has 0 atom stereocenters. The first-order chi connectivity index (χ1) is 15.7. The molecule has 0 amide bonds. The van der Waals surface area contributed by atoms with Gasteiger partial charge >= 0.3 is 12.1 Å². The summed E-state index contributed by atoms with van der Waals surface area (Å²) in [4.78, 5) is 16.6. The van der Waals surface area contributed by atoms with Gasteiger partial charge in [0.25, 0.3) is 0 Å². The molecule has 1 fully saturated rings. The summed E-state index contributed by atoms with van der Waals surface area (Å²) in [5.41, 5.74) is 0.759. The van der Waals surface area contributed by atoms with Crippen LogP contribution in [0.3, 0.4) is 0 Å². The molecule has 2 aromatic carbocycles. The number of ether oxygens (including phenoxy) is 2.